The van der Waals surface area contributed by atoms with Crippen LogP contribution in [0, 0.1) is 0 Å². The highest BCUT2D eigenvalue weighted by Crippen LogP contribution is 2.16. The average Bonchev–Trinajstić information content (AvgIpc) is 2.55. The molecule has 9 nitrogen and oxygen atoms in total. The summed E-state index contributed by atoms with van der Waals surface area (Å²) in [5.41, 5.74) is 11.3. The first kappa shape index (κ1) is 19.4. The molecule has 1 aliphatic heterocycles. The molecule has 7 N–H and O–H groups in total. The van der Waals surface area contributed by atoms with Gasteiger partial charge in [-0.15, -0.1) is 0 Å². The summed E-state index contributed by atoms with van der Waals surface area (Å²) in [6, 6.07) is 8.68. The number of hydrogen-bond acceptors (Lipinski definition) is 5. The predicted octanol–water partition coefficient (Wildman–Crippen LogP) is -0.415. The minimum Gasteiger partial charge on any atom is -0.481 e. The van der Waals surface area contributed by atoms with E-state index < -0.39 is 24.4 Å². The molecule has 0 radical (unpaired) electrons. The zero-order valence-electron chi connectivity index (χ0n) is 13.1. The van der Waals surface area contributed by atoms with Crippen molar-refractivity contribution >= 4 is 18.0 Å². The fourth-order valence-electron chi connectivity index (χ4n) is 2.13. The number of benzene rings is 1. The number of nitrogens with one attached hydrogen (secondary N) is 1. The minimum absolute atomic E-state index is 0.201. The van der Waals surface area contributed by atoms with Crippen molar-refractivity contribution in [1.82, 2.24) is 10.2 Å². The molecule has 0 aliphatic carbocycles. The summed E-state index contributed by atoms with van der Waals surface area (Å²) in [5.74, 6) is -2.50. The highest BCUT2D eigenvalue weighted by atomic mass is 16.4. The number of carboxylic acids is 2. The van der Waals surface area contributed by atoms with E-state index in [1.165, 1.54) is 5.56 Å². The zero-order valence-corrected chi connectivity index (χ0v) is 13.1. The Kier molecular flexibility index (Phi) is 7.66. The van der Waals surface area contributed by atoms with Gasteiger partial charge in [0.15, 0.2) is 0 Å². The van der Waals surface area contributed by atoms with Crippen LogP contribution in [0.3, 0.4) is 0 Å². The Morgan fingerprint density at radius 1 is 1.25 bits per heavy atom. The Morgan fingerprint density at radius 2 is 1.88 bits per heavy atom. The van der Waals surface area contributed by atoms with Gasteiger partial charge in [0.2, 0.25) is 0 Å². The lowest BCUT2D eigenvalue weighted by atomic mass is 10.1. The molecule has 2 amide bonds. The number of aliphatic carboxylic acids is 2. The average molecular weight is 338 g/mol. The highest BCUT2D eigenvalue weighted by molar-refractivity contribution is 5.80. The van der Waals surface area contributed by atoms with Crippen LogP contribution in [0.1, 0.15) is 18.0 Å². The first-order valence-corrected chi connectivity index (χ1v) is 7.34. The van der Waals surface area contributed by atoms with Crippen LogP contribution in [-0.2, 0) is 9.59 Å². The van der Waals surface area contributed by atoms with Gasteiger partial charge in [-0.25, -0.2) is 4.79 Å². The number of carbonyl (C=O) groups excluding carboxylic acids is 1. The van der Waals surface area contributed by atoms with Gasteiger partial charge in [-0.3, -0.25) is 9.59 Å². The predicted molar refractivity (Wildman–Crippen MR) is 86.2 cm³/mol. The number of amides is 2. The van der Waals surface area contributed by atoms with Crippen LogP contribution in [-0.4, -0.2) is 58.8 Å². The Balaban J connectivity index is 0.000000277. The number of carbonyl (C=O) groups is 3. The molecule has 1 unspecified atom stereocenters. The van der Waals surface area contributed by atoms with Gasteiger partial charge in [0, 0.05) is 19.6 Å². The fraction of sp³-hybridized carbons (Fsp3) is 0.400. The van der Waals surface area contributed by atoms with Crippen molar-refractivity contribution in [3.8, 4) is 0 Å². The lowest BCUT2D eigenvalue weighted by Gasteiger charge is -2.32. The van der Waals surface area contributed by atoms with Gasteiger partial charge in [0.25, 0.3) is 0 Å². The molecule has 2 atom stereocenters. The molecular weight excluding hydrogens is 316 g/mol. The number of hydrogen-bond donors (Lipinski definition) is 5. The van der Waals surface area contributed by atoms with Crippen LogP contribution in [0.4, 0.5) is 4.79 Å². The molecule has 24 heavy (non-hydrogen) atoms. The summed E-state index contributed by atoms with van der Waals surface area (Å²) in [6.07, 6.45) is -0.532. The second-order valence-corrected chi connectivity index (χ2v) is 5.24. The first-order chi connectivity index (χ1) is 11.3. The second-order valence-electron chi connectivity index (χ2n) is 5.24. The molecular formula is C15H22N4O5. The van der Waals surface area contributed by atoms with Crippen LogP contribution in [0.25, 0.3) is 0 Å². The van der Waals surface area contributed by atoms with Crippen LogP contribution in [0.2, 0.25) is 0 Å². The third kappa shape index (κ3) is 6.63. The van der Waals surface area contributed by atoms with E-state index in [0.29, 0.717) is 13.1 Å². The molecule has 1 aromatic carbocycles. The molecule has 132 valence electrons. The lowest BCUT2D eigenvalue weighted by Crippen LogP contribution is -2.50. The summed E-state index contributed by atoms with van der Waals surface area (Å²) in [6.45, 7) is 2.14. The summed E-state index contributed by atoms with van der Waals surface area (Å²) in [4.78, 5) is 32.3. The minimum atomic E-state index is -1.29. The zero-order chi connectivity index (χ0) is 18.1. The van der Waals surface area contributed by atoms with Gasteiger partial charge in [0.1, 0.15) is 6.04 Å². The van der Waals surface area contributed by atoms with E-state index in [0.717, 1.165) is 6.54 Å². The summed E-state index contributed by atoms with van der Waals surface area (Å²) in [5, 5.41) is 19.4. The van der Waals surface area contributed by atoms with Crippen molar-refractivity contribution in [3.05, 3.63) is 35.9 Å². The third-order valence-corrected chi connectivity index (χ3v) is 3.40. The Bertz CT molecular complexity index is 566. The number of rotatable bonds is 4. The molecule has 2 rings (SSSR count). The largest absolute Gasteiger partial charge is 0.481 e. The maximum absolute atomic E-state index is 11.1. The maximum Gasteiger partial charge on any atom is 0.321 e. The van der Waals surface area contributed by atoms with Gasteiger partial charge in [0.05, 0.1) is 12.5 Å². The maximum atomic E-state index is 11.1. The van der Waals surface area contributed by atoms with E-state index in [-0.39, 0.29) is 12.1 Å². The number of piperazine rings is 1. The van der Waals surface area contributed by atoms with Crippen LogP contribution < -0.4 is 16.8 Å². The standard InChI is InChI=1S/C11H15N3O.C4H7NO4/c12-11(15)14-7-6-13-10(8-14)9-4-2-1-3-5-9;5-2(4(8)9)1-3(6)7/h1-5,10,13H,6-8H2,(H2,12,15);2H,1,5H2,(H,6,7)(H,8,9)/t;2-/m.0/s1. The van der Waals surface area contributed by atoms with Gasteiger partial charge in [-0.05, 0) is 5.56 Å². The summed E-state index contributed by atoms with van der Waals surface area (Å²) < 4.78 is 0. The molecule has 1 heterocycles. The number of nitrogens with zero attached hydrogens (tertiary/aromatic N) is 1. The van der Waals surface area contributed by atoms with Gasteiger partial charge in [-0.1, -0.05) is 30.3 Å². The van der Waals surface area contributed by atoms with Crippen molar-refractivity contribution in [2.24, 2.45) is 11.5 Å². The monoisotopic (exact) mass is 338 g/mol. The smallest absolute Gasteiger partial charge is 0.321 e. The van der Waals surface area contributed by atoms with Crippen LogP contribution in [0.15, 0.2) is 30.3 Å². The Hall–Kier alpha value is -2.65. The third-order valence-electron chi connectivity index (χ3n) is 3.40. The number of primary amides is 1. The Morgan fingerprint density at radius 3 is 2.33 bits per heavy atom. The van der Waals surface area contributed by atoms with E-state index in [1.807, 2.05) is 18.2 Å². The van der Waals surface area contributed by atoms with Gasteiger partial charge in [-0.2, -0.15) is 0 Å². The number of nitrogens with two attached hydrogens (primary N) is 2. The van der Waals surface area contributed by atoms with Gasteiger partial charge < -0.3 is 31.9 Å². The van der Waals surface area contributed by atoms with Crippen molar-refractivity contribution < 1.29 is 24.6 Å². The quantitative estimate of drug-likeness (QED) is 0.498. The normalized spacial score (nSPS) is 18.0. The van der Waals surface area contributed by atoms with E-state index in [9.17, 15) is 14.4 Å². The van der Waals surface area contributed by atoms with E-state index in [2.05, 4.69) is 17.4 Å². The molecule has 9 heteroatoms. The fourth-order valence-corrected chi connectivity index (χ4v) is 2.13. The van der Waals surface area contributed by atoms with E-state index >= 15 is 0 Å². The summed E-state index contributed by atoms with van der Waals surface area (Å²) in [7, 11) is 0. The molecule has 1 fully saturated rings. The van der Waals surface area contributed by atoms with E-state index in [4.69, 9.17) is 21.7 Å². The van der Waals surface area contributed by atoms with Gasteiger partial charge >= 0.3 is 18.0 Å². The molecule has 0 bridgehead atoms. The molecule has 0 saturated carbocycles. The lowest BCUT2D eigenvalue weighted by molar-refractivity contribution is -0.144. The number of carboxylic acid groups (broad SMARTS) is 2. The van der Waals surface area contributed by atoms with Crippen molar-refractivity contribution in [3.63, 3.8) is 0 Å². The van der Waals surface area contributed by atoms with Crippen molar-refractivity contribution in [2.75, 3.05) is 19.6 Å². The first-order valence-electron chi connectivity index (χ1n) is 7.34. The topological polar surface area (TPSA) is 159 Å². The van der Waals surface area contributed by atoms with Crippen LogP contribution in [0.5, 0.6) is 0 Å². The summed E-state index contributed by atoms with van der Waals surface area (Å²) >= 11 is 0. The SMILES string of the molecule is NC(=O)N1CCNC(c2ccccc2)C1.N[C@@H](CC(=O)O)C(=O)O. The molecule has 1 aliphatic rings. The van der Waals surface area contributed by atoms with Crippen molar-refractivity contribution in [1.29, 1.82) is 0 Å². The van der Waals surface area contributed by atoms with Crippen molar-refractivity contribution in [2.45, 2.75) is 18.5 Å². The highest BCUT2D eigenvalue weighted by Gasteiger charge is 2.22. The molecule has 1 saturated heterocycles. The number of urea groups is 1. The molecule has 0 spiro atoms. The Labute approximate surface area is 139 Å². The molecule has 0 aromatic heterocycles. The van der Waals surface area contributed by atoms with E-state index in [1.54, 1.807) is 4.90 Å². The second kappa shape index (κ2) is 9.48. The molecule has 1 aromatic rings. The van der Waals surface area contributed by atoms with Crippen LogP contribution >= 0.6 is 0 Å².